The second kappa shape index (κ2) is 11.7. The minimum absolute atomic E-state index is 0.0783. The Hall–Kier alpha value is -1.83. The monoisotopic (exact) mass is 378 g/mol. The summed E-state index contributed by atoms with van der Waals surface area (Å²) in [5.41, 5.74) is 1.60. The van der Waals surface area contributed by atoms with Crippen LogP contribution < -0.4 is 5.32 Å². The lowest BCUT2D eigenvalue weighted by Crippen LogP contribution is -2.41. The molecule has 26 heavy (non-hydrogen) atoms. The number of nitrogens with one attached hydrogen (secondary N) is 2. The smallest absolute Gasteiger partial charge is 0.317 e. The third kappa shape index (κ3) is 6.48. The number of nitrogens with zero attached hydrogens (tertiary/aromatic N) is 4. The van der Waals surface area contributed by atoms with E-state index in [4.69, 9.17) is 0 Å². The topological polar surface area (TPSA) is 86.8 Å². The summed E-state index contributed by atoms with van der Waals surface area (Å²) in [6, 6.07) is 0.0783. The van der Waals surface area contributed by atoms with Gasteiger partial charge in [0.25, 0.3) is 0 Å². The van der Waals surface area contributed by atoms with Crippen LogP contribution in [0.2, 0.25) is 0 Å². The molecule has 2 amide bonds. The van der Waals surface area contributed by atoms with Crippen molar-refractivity contribution in [1.29, 1.82) is 0 Å². The highest BCUT2D eigenvalue weighted by Crippen LogP contribution is 2.22. The van der Waals surface area contributed by atoms with Crippen LogP contribution >= 0.6 is 11.8 Å². The summed E-state index contributed by atoms with van der Waals surface area (Å²) in [6.45, 7) is 6.74. The van der Waals surface area contributed by atoms with Gasteiger partial charge >= 0.3 is 6.03 Å². The summed E-state index contributed by atoms with van der Waals surface area (Å²) in [6.07, 6.45) is 9.53. The molecule has 0 aliphatic heterocycles. The molecule has 8 heteroatoms. The average molecular weight is 379 g/mol. The lowest BCUT2D eigenvalue weighted by atomic mass is 10.3. The summed E-state index contributed by atoms with van der Waals surface area (Å²) in [5, 5.41) is 3.99. The number of thioether (sulfide) groups is 1. The van der Waals surface area contributed by atoms with Crippen molar-refractivity contribution in [3.63, 3.8) is 0 Å². The van der Waals surface area contributed by atoms with Crippen molar-refractivity contribution in [2.75, 3.05) is 25.4 Å². The minimum Gasteiger partial charge on any atom is -0.341 e. The Balaban J connectivity index is 1.64. The minimum atomic E-state index is 0.0783. The van der Waals surface area contributed by atoms with E-state index in [9.17, 15) is 4.79 Å². The summed E-state index contributed by atoms with van der Waals surface area (Å²) >= 11 is 1.70. The Kier molecular flexibility index (Phi) is 9.23. The number of aromatic amines is 1. The molecule has 0 fully saturated rings. The maximum absolute atomic E-state index is 12.3. The third-order valence-electron chi connectivity index (χ3n) is 4.12. The Morgan fingerprint density at radius 3 is 2.62 bits per heavy atom. The standard InChI is InChI=1S/C18H30N6OS/c1-3-5-10-24(11-6-4-2)18(25)19-9-7-8-12-26-17-15-16(21-13-20-15)22-14-23-17/h13-14H,3-12H2,1-2H3,(H,19,25)(H,20,21,22,23). The summed E-state index contributed by atoms with van der Waals surface area (Å²) in [7, 11) is 0. The second-order valence-electron chi connectivity index (χ2n) is 6.26. The van der Waals surface area contributed by atoms with Gasteiger partial charge in [0.05, 0.1) is 6.33 Å². The zero-order valence-corrected chi connectivity index (χ0v) is 16.6. The lowest BCUT2D eigenvalue weighted by Gasteiger charge is -2.22. The number of fused-ring (bicyclic) bond motifs is 1. The van der Waals surface area contributed by atoms with Gasteiger partial charge in [0.1, 0.15) is 16.9 Å². The Bertz CT molecular complexity index is 654. The highest BCUT2D eigenvalue weighted by molar-refractivity contribution is 7.99. The number of carbonyl (C=O) groups is 1. The van der Waals surface area contributed by atoms with Crippen LogP contribution in [0.5, 0.6) is 0 Å². The van der Waals surface area contributed by atoms with Crippen molar-refractivity contribution in [1.82, 2.24) is 30.2 Å². The lowest BCUT2D eigenvalue weighted by molar-refractivity contribution is 0.196. The van der Waals surface area contributed by atoms with Gasteiger partial charge < -0.3 is 15.2 Å². The van der Waals surface area contributed by atoms with Crippen LogP contribution in [0.4, 0.5) is 4.79 Å². The summed E-state index contributed by atoms with van der Waals surface area (Å²) in [4.78, 5) is 29.9. The molecule has 0 spiro atoms. The van der Waals surface area contributed by atoms with Crippen molar-refractivity contribution in [2.24, 2.45) is 0 Å². The fourth-order valence-electron chi connectivity index (χ4n) is 2.57. The van der Waals surface area contributed by atoms with Gasteiger partial charge in [-0.05, 0) is 31.4 Å². The van der Waals surface area contributed by atoms with E-state index in [2.05, 4.69) is 39.1 Å². The zero-order valence-electron chi connectivity index (χ0n) is 15.8. The molecule has 7 nitrogen and oxygen atoms in total. The van der Waals surface area contributed by atoms with E-state index < -0.39 is 0 Å². The molecular weight excluding hydrogens is 348 g/mol. The first kappa shape index (κ1) is 20.5. The van der Waals surface area contributed by atoms with Crippen molar-refractivity contribution >= 4 is 29.0 Å². The first-order chi connectivity index (χ1) is 12.8. The summed E-state index contributed by atoms with van der Waals surface area (Å²) < 4.78 is 0. The van der Waals surface area contributed by atoms with E-state index in [1.54, 1.807) is 24.4 Å². The van der Waals surface area contributed by atoms with Gasteiger partial charge in [-0.2, -0.15) is 0 Å². The molecule has 2 aromatic rings. The van der Waals surface area contributed by atoms with E-state index >= 15 is 0 Å². The van der Waals surface area contributed by atoms with Crippen molar-refractivity contribution in [2.45, 2.75) is 57.4 Å². The Morgan fingerprint density at radius 1 is 1.12 bits per heavy atom. The maximum atomic E-state index is 12.3. The highest BCUT2D eigenvalue weighted by atomic mass is 32.2. The molecule has 0 radical (unpaired) electrons. The van der Waals surface area contributed by atoms with Crippen LogP contribution in [0.15, 0.2) is 17.7 Å². The highest BCUT2D eigenvalue weighted by Gasteiger charge is 2.11. The van der Waals surface area contributed by atoms with Crippen LogP contribution in [0, 0.1) is 0 Å². The van der Waals surface area contributed by atoms with Gasteiger partial charge in [-0.3, -0.25) is 0 Å². The molecule has 2 aromatic heterocycles. The number of unbranched alkanes of at least 4 members (excludes halogenated alkanes) is 3. The van der Waals surface area contributed by atoms with E-state index in [-0.39, 0.29) is 6.03 Å². The van der Waals surface area contributed by atoms with Gasteiger partial charge in [-0.1, -0.05) is 26.7 Å². The molecule has 2 N–H and O–H groups in total. The van der Waals surface area contributed by atoms with E-state index in [0.717, 1.165) is 74.5 Å². The fourth-order valence-corrected chi connectivity index (χ4v) is 3.53. The van der Waals surface area contributed by atoms with Crippen molar-refractivity contribution < 1.29 is 4.79 Å². The van der Waals surface area contributed by atoms with Crippen LogP contribution in [-0.4, -0.2) is 56.3 Å². The predicted octanol–water partition coefficient (Wildman–Crippen LogP) is 3.84. The zero-order chi connectivity index (χ0) is 18.6. The SMILES string of the molecule is CCCCN(CCCC)C(=O)NCCCCSc1ncnc2nc[nH]c12. The van der Waals surface area contributed by atoms with Crippen LogP contribution in [-0.2, 0) is 0 Å². The second-order valence-corrected chi connectivity index (χ2v) is 7.35. The number of hydrogen-bond donors (Lipinski definition) is 2. The maximum Gasteiger partial charge on any atom is 0.317 e. The van der Waals surface area contributed by atoms with Gasteiger partial charge in [0.15, 0.2) is 5.65 Å². The van der Waals surface area contributed by atoms with Crippen LogP contribution in [0.1, 0.15) is 52.4 Å². The van der Waals surface area contributed by atoms with E-state index in [0.29, 0.717) is 5.65 Å². The molecule has 0 aliphatic carbocycles. The molecule has 144 valence electrons. The molecule has 0 saturated heterocycles. The first-order valence-electron chi connectivity index (χ1n) is 9.55. The largest absolute Gasteiger partial charge is 0.341 e. The third-order valence-corrected chi connectivity index (χ3v) is 5.20. The molecule has 0 saturated carbocycles. The van der Waals surface area contributed by atoms with Crippen LogP contribution in [0.3, 0.4) is 0 Å². The van der Waals surface area contributed by atoms with E-state index in [1.807, 2.05) is 4.90 Å². The average Bonchev–Trinajstić information content (AvgIpc) is 3.14. The van der Waals surface area contributed by atoms with Crippen molar-refractivity contribution in [3.8, 4) is 0 Å². The number of hydrogen-bond acceptors (Lipinski definition) is 5. The Morgan fingerprint density at radius 2 is 1.88 bits per heavy atom. The number of aromatic nitrogens is 4. The molecule has 0 unspecified atom stereocenters. The number of imidazole rings is 1. The molecule has 2 rings (SSSR count). The number of amides is 2. The quantitative estimate of drug-likeness (QED) is 0.333. The summed E-state index contributed by atoms with van der Waals surface area (Å²) in [5.74, 6) is 0.955. The van der Waals surface area contributed by atoms with Gasteiger partial charge in [-0.15, -0.1) is 11.8 Å². The molecule has 0 aliphatic rings. The number of H-pyrrole nitrogens is 1. The first-order valence-corrected chi connectivity index (χ1v) is 10.5. The number of rotatable bonds is 12. The van der Waals surface area contributed by atoms with Crippen LogP contribution in [0.25, 0.3) is 11.2 Å². The van der Waals surface area contributed by atoms with Crippen molar-refractivity contribution in [3.05, 3.63) is 12.7 Å². The number of urea groups is 1. The predicted molar refractivity (Wildman–Crippen MR) is 106 cm³/mol. The van der Waals surface area contributed by atoms with Gasteiger partial charge in [-0.25, -0.2) is 19.7 Å². The Labute approximate surface area is 159 Å². The molecule has 2 heterocycles. The van der Waals surface area contributed by atoms with Gasteiger partial charge in [0.2, 0.25) is 0 Å². The molecule has 0 aromatic carbocycles. The normalized spacial score (nSPS) is 11.0. The fraction of sp³-hybridized carbons (Fsp3) is 0.667. The molecular formula is C18H30N6OS. The number of carbonyl (C=O) groups excluding carboxylic acids is 1. The molecule has 0 atom stereocenters. The van der Waals surface area contributed by atoms with E-state index in [1.165, 1.54) is 0 Å². The molecule has 0 bridgehead atoms. The van der Waals surface area contributed by atoms with Gasteiger partial charge in [0, 0.05) is 19.6 Å².